The molecule has 0 aromatic heterocycles. The quantitative estimate of drug-likeness (QED) is 0.629. The Bertz CT molecular complexity index is 183. The first kappa shape index (κ1) is 12.7. The predicted molar refractivity (Wildman–Crippen MR) is 66.4 cm³/mol. The normalized spacial score (nSPS) is 15.0. The van der Waals surface area contributed by atoms with Crippen molar-refractivity contribution in [2.45, 2.75) is 44.6 Å². The molecule has 0 spiro atoms. The Morgan fingerprint density at radius 3 is 2.67 bits per heavy atom. The van der Waals surface area contributed by atoms with E-state index in [4.69, 9.17) is 0 Å². The van der Waals surface area contributed by atoms with E-state index in [1.807, 2.05) is 11.8 Å². The van der Waals surface area contributed by atoms with Crippen molar-refractivity contribution in [2.24, 2.45) is 0 Å². The van der Waals surface area contributed by atoms with Gasteiger partial charge in [0.2, 0.25) is 0 Å². The van der Waals surface area contributed by atoms with Crippen LogP contribution >= 0.6 is 11.8 Å². The minimum atomic E-state index is 0.0154. The topological polar surface area (TPSA) is 41.1 Å². The molecule has 3 nitrogen and oxygen atoms in total. The molecule has 15 heavy (non-hydrogen) atoms. The second kappa shape index (κ2) is 7.85. The lowest BCUT2D eigenvalue weighted by Gasteiger charge is -2.05. The molecule has 4 heteroatoms. The van der Waals surface area contributed by atoms with Crippen LogP contribution in [0.5, 0.6) is 0 Å². The van der Waals surface area contributed by atoms with Crippen LogP contribution in [0.25, 0.3) is 0 Å². The Morgan fingerprint density at radius 1 is 1.27 bits per heavy atom. The number of unbranched alkanes of at least 4 members (excludes halogenated alkanes) is 3. The number of rotatable bonds is 8. The maximum Gasteiger partial charge on any atom is 0.315 e. The zero-order chi connectivity index (χ0) is 10.9. The average molecular weight is 230 g/mol. The molecule has 0 aliphatic heterocycles. The Labute approximate surface area is 96.8 Å². The number of carbonyl (C=O) groups is 1. The summed E-state index contributed by atoms with van der Waals surface area (Å²) in [7, 11) is 0. The van der Waals surface area contributed by atoms with Gasteiger partial charge in [0.25, 0.3) is 0 Å². The molecule has 0 aromatic rings. The smallest absolute Gasteiger partial charge is 0.315 e. The summed E-state index contributed by atoms with van der Waals surface area (Å²) in [5.74, 6) is 1.26. The predicted octanol–water partition coefficient (Wildman–Crippen LogP) is 2.37. The first-order valence-electron chi connectivity index (χ1n) is 5.86. The van der Waals surface area contributed by atoms with Crippen LogP contribution < -0.4 is 10.6 Å². The van der Waals surface area contributed by atoms with E-state index in [1.54, 1.807) is 0 Å². The SMILES string of the molecule is CSCCCCCCNC(=O)NC1CC1. The van der Waals surface area contributed by atoms with Crippen molar-refractivity contribution in [1.29, 1.82) is 0 Å². The van der Waals surface area contributed by atoms with Crippen LogP contribution in [0.2, 0.25) is 0 Å². The van der Waals surface area contributed by atoms with Gasteiger partial charge in [-0.15, -0.1) is 0 Å². The van der Waals surface area contributed by atoms with E-state index in [9.17, 15) is 4.79 Å². The second-order valence-electron chi connectivity index (χ2n) is 4.08. The molecule has 1 aliphatic carbocycles. The highest BCUT2D eigenvalue weighted by Crippen LogP contribution is 2.18. The van der Waals surface area contributed by atoms with Gasteiger partial charge in [-0.3, -0.25) is 0 Å². The van der Waals surface area contributed by atoms with Crippen LogP contribution in [-0.2, 0) is 0 Å². The standard InChI is InChI=1S/C11H22N2OS/c1-15-9-5-3-2-4-8-12-11(14)13-10-6-7-10/h10H,2-9H2,1H3,(H2,12,13,14). The van der Waals surface area contributed by atoms with Crippen molar-refractivity contribution < 1.29 is 4.79 Å². The Hall–Kier alpha value is -0.380. The number of amides is 2. The zero-order valence-electron chi connectivity index (χ0n) is 9.55. The molecule has 0 heterocycles. The van der Waals surface area contributed by atoms with E-state index in [0.29, 0.717) is 6.04 Å². The maximum absolute atomic E-state index is 11.2. The second-order valence-corrected chi connectivity index (χ2v) is 5.07. The van der Waals surface area contributed by atoms with Crippen molar-refractivity contribution in [3.05, 3.63) is 0 Å². The zero-order valence-corrected chi connectivity index (χ0v) is 10.4. The molecule has 88 valence electrons. The van der Waals surface area contributed by atoms with Crippen LogP contribution in [0.3, 0.4) is 0 Å². The van der Waals surface area contributed by atoms with E-state index in [1.165, 1.54) is 25.0 Å². The molecule has 0 radical (unpaired) electrons. The number of hydrogen-bond acceptors (Lipinski definition) is 2. The number of urea groups is 1. The molecule has 1 aliphatic rings. The molecule has 1 rings (SSSR count). The summed E-state index contributed by atoms with van der Waals surface area (Å²) in [6, 6.07) is 0.480. The minimum absolute atomic E-state index is 0.0154. The first-order chi connectivity index (χ1) is 7.33. The van der Waals surface area contributed by atoms with E-state index in [0.717, 1.165) is 25.8 Å². The summed E-state index contributed by atoms with van der Waals surface area (Å²) in [5.41, 5.74) is 0. The van der Waals surface area contributed by atoms with E-state index in [2.05, 4.69) is 16.9 Å². The molecule has 2 N–H and O–H groups in total. The summed E-state index contributed by atoms with van der Waals surface area (Å²) < 4.78 is 0. The summed E-state index contributed by atoms with van der Waals surface area (Å²) in [4.78, 5) is 11.2. The molecule has 1 fully saturated rings. The fourth-order valence-corrected chi connectivity index (χ4v) is 1.88. The maximum atomic E-state index is 11.2. The van der Waals surface area contributed by atoms with E-state index in [-0.39, 0.29) is 6.03 Å². The highest BCUT2D eigenvalue weighted by atomic mass is 32.2. The molecule has 0 saturated heterocycles. The van der Waals surface area contributed by atoms with Gasteiger partial charge in [0.05, 0.1) is 0 Å². The third-order valence-corrected chi connectivity index (χ3v) is 3.17. The van der Waals surface area contributed by atoms with Crippen molar-refractivity contribution in [1.82, 2.24) is 10.6 Å². The molecule has 0 aromatic carbocycles. The van der Waals surface area contributed by atoms with Gasteiger partial charge in [0, 0.05) is 12.6 Å². The van der Waals surface area contributed by atoms with Crippen LogP contribution in [0, 0.1) is 0 Å². The van der Waals surface area contributed by atoms with Crippen molar-refractivity contribution >= 4 is 17.8 Å². The Kier molecular flexibility index (Phi) is 6.64. The van der Waals surface area contributed by atoms with Crippen LogP contribution in [0.15, 0.2) is 0 Å². The molecular formula is C11H22N2OS. The third kappa shape index (κ3) is 7.54. The van der Waals surface area contributed by atoms with Crippen molar-refractivity contribution in [3.8, 4) is 0 Å². The molecule has 1 saturated carbocycles. The largest absolute Gasteiger partial charge is 0.338 e. The van der Waals surface area contributed by atoms with Gasteiger partial charge in [0.1, 0.15) is 0 Å². The van der Waals surface area contributed by atoms with Gasteiger partial charge in [-0.25, -0.2) is 4.79 Å². The summed E-state index contributed by atoms with van der Waals surface area (Å²) in [6.45, 7) is 0.817. The molecule has 2 amide bonds. The highest BCUT2D eigenvalue weighted by molar-refractivity contribution is 7.98. The summed E-state index contributed by atoms with van der Waals surface area (Å²) >= 11 is 1.90. The monoisotopic (exact) mass is 230 g/mol. The lowest BCUT2D eigenvalue weighted by molar-refractivity contribution is 0.240. The fourth-order valence-electron chi connectivity index (χ4n) is 1.39. The molecular weight excluding hydrogens is 208 g/mol. The Morgan fingerprint density at radius 2 is 2.00 bits per heavy atom. The van der Waals surface area contributed by atoms with Gasteiger partial charge < -0.3 is 10.6 Å². The number of thioether (sulfide) groups is 1. The molecule has 0 bridgehead atoms. The summed E-state index contributed by atoms with van der Waals surface area (Å²) in [5, 5.41) is 5.80. The van der Waals surface area contributed by atoms with E-state index >= 15 is 0 Å². The lowest BCUT2D eigenvalue weighted by atomic mass is 10.2. The third-order valence-electron chi connectivity index (χ3n) is 2.47. The van der Waals surface area contributed by atoms with Gasteiger partial charge in [-0.05, 0) is 37.7 Å². The van der Waals surface area contributed by atoms with Gasteiger partial charge >= 0.3 is 6.03 Å². The molecule has 0 atom stereocenters. The van der Waals surface area contributed by atoms with Gasteiger partial charge in [0.15, 0.2) is 0 Å². The van der Waals surface area contributed by atoms with Gasteiger partial charge in [-0.2, -0.15) is 11.8 Å². The van der Waals surface area contributed by atoms with Crippen LogP contribution in [-0.4, -0.2) is 30.6 Å². The first-order valence-corrected chi connectivity index (χ1v) is 7.25. The lowest BCUT2D eigenvalue weighted by Crippen LogP contribution is -2.37. The fraction of sp³-hybridized carbons (Fsp3) is 0.909. The van der Waals surface area contributed by atoms with Crippen LogP contribution in [0.1, 0.15) is 38.5 Å². The van der Waals surface area contributed by atoms with Gasteiger partial charge in [-0.1, -0.05) is 12.8 Å². The van der Waals surface area contributed by atoms with Crippen LogP contribution in [0.4, 0.5) is 4.79 Å². The number of nitrogens with one attached hydrogen (secondary N) is 2. The highest BCUT2D eigenvalue weighted by Gasteiger charge is 2.22. The minimum Gasteiger partial charge on any atom is -0.338 e. The Balaban J connectivity index is 1.77. The van der Waals surface area contributed by atoms with E-state index < -0.39 is 0 Å². The van der Waals surface area contributed by atoms with Crippen molar-refractivity contribution in [2.75, 3.05) is 18.6 Å². The number of hydrogen-bond donors (Lipinski definition) is 2. The molecule has 0 unspecified atom stereocenters. The summed E-state index contributed by atoms with van der Waals surface area (Å²) in [6.07, 6.45) is 9.37. The number of carbonyl (C=O) groups excluding carboxylic acids is 1. The average Bonchev–Trinajstić information content (AvgIpc) is 3.00. The van der Waals surface area contributed by atoms with Crippen molar-refractivity contribution in [3.63, 3.8) is 0 Å².